The van der Waals surface area contributed by atoms with Crippen LogP contribution in [0.5, 0.6) is 0 Å². The summed E-state index contributed by atoms with van der Waals surface area (Å²) in [7, 11) is 0. The van der Waals surface area contributed by atoms with Gasteiger partial charge in [-0.1, -0.05) is 66.7 Å². The molecule has 114 valence electrons. The zero-order valence-corrected chi connectivity index (χ0v) is 12.6. The zero-order valence-electron chi connectivity index (χ0n) is 12.6. The Hall–Kier alpha value is -2.65. The molecule has 1 N–H and O–H groups in total. The Morgan fingerprint density at radius 2 is 1.61 bits per heavy atom. The van der Waals surface area contributed by atoms with Crippen LogP contribution in [-0.2, 0) is 16.1 Å². The minimum absolute atomic E-state index is 0.0425. The van der Waals surface area contributed by atoms with Gasteiger partial charge in [0.2, 0.25) is 0 Å². The lowest BCUT2D eigenvalue weighted by molar-refractivity contribution is -0.150. The molecule has 1 aliphatic rings. The summed E-state index contributed by atoms with van der Waals surface area (Å²) in [5.41, 5.74) is 2.16. The SMILES string of the molecule is O=C1NC(c2ccc3ccccc3c2)C1OCc1ccccc1. The van der Waals surface area contributed by atoms with Crippen molar-refractivity contribution in [3.05, 3.63) is 83.9 Å². The number of amides is 1. The number of hydrogen-bond acceptors (Lipinski definition) is 2. The number of carbonyl (C=O) groups excluding carboxylic acids is 1. The second-order valence-corrected chi connectivity index (χ2v) is 5.81. The molecule has 1 aliphatic heterocycles. The first-order chi connectivity index (χ1) is 11.3. The van der Waals surface area contributed by atoms with Gasteiger partial charge >= 0.3 is 0 Å². The van der Waals surface area contributed by atoms with Crippen molar-refractivity contribution in [2.75, 3.05) is 0 Å². The number of β-lactam (4-membered cyclic amide) rings is 1. The van der Waals surface area contributed by atoms with Gasteiger partial charge in [0.15, 0.2) is 6.10 Å². The fourth-order valence-corrected chi connectivity index (χ4v) is 2.96. The van der Waals surface area contributed by atoms with Crippen molar-refractivity contribution in [3.8, 4) is 0 Å². The van der Waals surface area contributed by atoms with E-state index in [4.69, 9.17) is 4.74 Å². The van der Waals surface area contributed by atoms with E-state index in [0.717, 1.165) is 11.1 Å². The van der Waals surface area contributed by atoms with Gasteiger partial charge in [-0.15, -0.1) is 0 Å². The van der Waals surface area contributed by atoms with Crippen molar-refractivity contribution < 1.29 is 9.53 Å². The molecule has 3 aromatic rings. The minimum atomic E-state index is -0.420. The quantitative estimate of drug-likeness (QED) is 0.748. The molecule has 2 unspecified atom stereocenters. The van der Waals surface area contributed by atoms with Crippen LogP contribution in [0.4, 0.5) is 0 Å². The highest BCUT2D eigenvalue weighted by atomic mass is 16.5. The Morgan fingerprint density at radius 3 is 2.39 bits per heavy atom. The third-order valence-corrected chi connectivity index (χ3v) is 4.26. The lowest BCUT2D eigenvalue weighted by Gasteiger charge is -2.36. The summed E-state index contributed by atoms with van der Waals surface area (Å²) in [6, 6.07) is 24.3. The van der Waals surface area contributed by atoms with Gasteiger partial charge in [0.25, 0.3) is 5.91 Å². The smallest absolute Gasteiger partial charge is 0.252 e. The molecule has 3 heteroatoms. The number of hydrogen-bond donors (Lipinski definition) is 1. The van der Waals surface area contributed by atoms with E-state index in [1.807, 2.05) is 42.5 Å². The lowest BCUT2D eigenvalue weighted by Crippen LogP contribution is -2.57. The number of benzene rings is 3. The molecule has 0 aliphatic carbocycles. The van der Waals surface area contributed by atoms with E-state index in [-0.39, 0.29) is 11.9 Å². The largest absolute Gasteiger partial charge is 0.361 e. The van der Waals surface area contributed by atoms with Crippen LogP contribution in [0.2, 0.25) is 0 Å². The van der Waals surface area contributed by atoms with Gasteiger partial charge in [0, 0.05) is 0 Å². The number of rotatable bonds is 4. The number of carbonyl (C=O) groups is 1. The number of fused-ring (bicyclic) bond motifs is 1. The predicted octanol–water partition coefficient (Wildman–Crippen LogP) is 3.60. The monoisotopic (exact) mass is 303 g/mol. The van der Waals surface area contributed by atoms with Crippen molar-refractivity contribution in [2.45, 2.75) is 18.8 Å². The molecule has 23 heavy (non-hydrogen) atoms. The van der Waals surface area contributed by atoms with E-state index < -0.39 is 6.10 Å². The molecule has 1 saturated heterocycles. The molecule has 1 fully saturated rings. The van der Waals surface area contributed by atoms with Crippen LogP contribution in [0.1, 0.15) is 17.2 Å². The second-order valence-electron chi connectivity index (χ2n) is 5.81. The summed E-state index contributed by atoms with van der Waals surface area (Å²) >= 11 is 0. The van der Waals surface area contributed by atoms with Crippen molar-refractivity contribution in [1.29, 1.82) is 0 Å². The fraction of sp³-hybridized carbons (Fsp3) is 0.150. The molecule has 3 aromatic carbocycles. The van der Waals surface area contributed by atoms with Crippen LogP contribution in [0.15, 0.2) is 72.8 Å². The van der Waals surface area contributed by atoms with Gasteiger partial charge in [-0.05, 0) is 28.0 Å². The molecule has 2 atom stereocenters. The van der Waals surface area contributed by atoms with E-state index in [2.05, 4.69) is 35.6 Å². The summed E-state index contributed by atoms with van der Waals surface area (Å²) in [6.07, 6.45) is -0.420. The first kappa shape index (κ1) is 14.0. The summed E-state index contributed by atoms with van der Waals surface area (Å²) < 4.78 is 5.84. The topological polar surface area (TPSA) is 38.3 Å². The van der Waals surface area contributed by atoms with Crippen LogP contribution in [0.3, 0.4) is 0 Å². The highest BCUT2D eigenvalue weighted by Gasteiger charge is 2.41. The maximum atomic E-state index is 11.9. The molecule has 4 rings (SSSR count). The van der Waals surface area contributed by atoms with Gasteiger partial charge < -0.3 is 10.1 Å². The second kappa shape index (κ2) is 5.86. The Bertz CT molecular complexity index is 844. The number of ether oxygens (including phenoxy) is 1. The van der Waals surface area contributed by atoms with Crippen molar-refractivity contribution in [2.24, 2.45) is 0 Å². The fourth-order valence-electron chi connectivity index (χ4n) is 2.96. The summed E-state index contributed by atoms with van der Waals surface area (Å²) in [5, 5.41) is 5.32. The molecule has 0 bridgehead atoms. The average molecular weight is 303 g/mol. The van der Waals surface area contributed by atoms with Crippen molar-refractivity contribution in [1.82, 2.24) is 5.32 Å². The van der Waals surface area contributed by atoms with Gasteiger partial charge in [0.1, 0.15) is 0 Å². The van der Waals surface area contributed by atoms with Crippen LogP contribution in [0.25, 0.3) is 10.8 Å². The average Bonchev–Trinajstić information content (AvgIpc) is 2.60. The molecule has 1 heterocycles. The van der Waals surface area contributed by atoms with Crippen molar-refractivity contribution in [3.63, 3.8) is 0 Å². The number of nitrogens with one attached hydrogen (secondary N) is 1. The Morgan fingerprint density at radius 1 is 0.870 bits per heavy atom. The van der Waals surface area contributed by atoms with Gasteiger partial charge in [-0.25, -0.2) is 0 Å². The normalized spacial score (nSPS) is 20.1. The maximum absolute atomic E-state index is 11.9. The first-order valence-electron chi connectivity index (χ1n) is 7.76. The summed E-state index contributed by atoms with van der Waals surface area (Å²) in [5.74, 6) is -0.0425. The Balaban J connectivity index is 1.52. The maximum Gasteiger partial charge on any atom is 0.252 e. The van der Waals surface area contributed by atoms with E-state index in [9.17, 15) is 4.79 Å². The van der Waals surface area contributed by atoms with Gasteiger partial charge in [-0.3, -0.25) is 4.79 Å². The third-order valence-electron chi connectivity index (χ3n) is 4.26. The molecule has 1 amide bonds. The lowest BCUT2D eigenvalue weighted by atomic mass is 9.92. The predicted molar refractivity (Wildman–Crippen MR) is 89.9 cm³/mol. The zero-order chi connectivity index (χ0) is 15.6. The van der Waals surface area contributed by atoms with Crippen LogP contribution in [0, 0.1) is 0 Å². The Kier molecular flexibility index (Phi) is 3.56. The molecule has 0 spiro atoms. The molecular weight excluding hydrogens is 286 g/mol. The standard InChI is InChI=1S/C20H17NO2/c22-20-19(23-13-14-6-2-1-3-7-14)18(21-20)17-11-10-15-8-4-5-9-16(15)12-17/h1-12,18-19H,13H2,(H,21,22). The highest BCUT2D eigenvalue weighted by Crippen LogP contribution is 2.30. The molecule has 0 aromatic heterocycles. The third kappa shape index (κ3) is 2.71. The van der Waals surface area contributed by atoms with E-state index >= 15 is 0 Å². The van der Waals surface area contributed by atoms with E-state index in [1.165, 1.54) is 10.8 Å². The Labute approximate surface area is 134 Å². The van der Waals surface area contributed by atoms with Crippen molar-refractivity contribution >= 4 is 16.7 Å². The van der Waals surface area contributed by atoms with E-state index in [0.29, 0.717) is 6.61 Å². The first-order valence-corrected chi connectivity index (χ1v) is 7.76. The van der Waals surface area contributed by atoms with E-state index in [1.54, 1.807) is 0 Å². The molecular formula is C20H17NO2. The molecule has 3 nitrogen and oxygen atoms in total. The molecule has 0 saturated carbocycles. The van der Waals surface area contributed by atoms with Crippen LogP contribution < -0.4 is 5.32 Å². The van der Waals surface area contributed by atoms with Crippen LogP contribution >= 0.6 is 0 Å². The van der Waals surface area contributed by atoms with Crippen LogP contribution in [-0.4, -0.2) is 12.0 Å². The molecule has 0 radical (unpaired) electrons. The van der Waals surface area contributed by atoms with Gasteiger partial charge in [0.05, 0.1) is 12.6 Å². The summed E-state index contributed by atoms with van der Waals surface area (Å²) in [4.78, 5) is 11.9. The minimum Gasteiger partial charge on any atom is -0.361 e. The highest BCUT2D eigenvalue weighted by molar-refractivity contribution is 5.90. The summed E-state index contributed by atoms with van der Waals surface area (Å²) in [6.45, 7) is 0.447. The van der Waals surface area contributed by atoms with Gasteiger partial charge in [-0.2, -0.15) is 0 Å².